The Labute approximate surface area is 132 Å². The number of nitrogens with one attached hydrogen (secondary N) is 1. The number of rotatable bonds is 5. The Balaban J connectivity index is 1.67. The van der Waals surface area contributed by atoms with Crippen LogP contribution < -0.4 is 10.2 Å². The zero-order valence-corrected chi connectivity index (χ0v) is 13.6. The van der Waals surface area contributed by atoms with Crippen molar-refractivity contribution in [1.29, 1.82) is 0 Å². The molecule has 0 aliphatic carbocycles. The van der Waals surface area contributed by atoms with Crippen molar-refractivity contribution in [3.05, 3.63) is 29.8 Å². The predicted molar refractivity (Wildman–Crippen MR) is 89.3 cm³/mol. The van der Waals surface area contributed by atoms with Gasteiger partial charge in [-0.25, -0.2) is 4.79 Å². The lowest BCUT2D eigenvalue weighted by Crippen LogP contribution is -2.47. The van der Waals surface area contributed by atoms with E-state index in [0.29, 0.717) is 13.1 Å². The molecule has 1 aromatic rings. The van der Waals surface area contributed by atoms with Crippen LogP contribution >= 0.6 is 0 Å². The number of carbonyl (C=O) groups excluding carboxylic acids is 1. The highest BCUT2D eigenvalue weighted by atomic mass is 16.3. The molecule has 0 bridgehead atoms. The van der Waals surface area contributed by atoms with Crippen LogP contribution in [0.3, 0.4) is 0 Å². The van der Waals surface area contributed by atoms with Crippen molar-refractivity contribution < 1.29 is 9.90 Å². The van der Waals surface area contributed by atoms with Crippen molar-refractivity contribution in [1.82, 2.24) is 10.2 Å². The topological polar surface area (TPSA) is 55.8 Å². The van der Waals surface area contributed by atoms with Crippen LogP contribution in [0.15, 0.2) is 24.3 Å². The van der Waals surface area contributed by atoms with Crippen LogP contribution in [-0.2, 0) is 6.42 Å². The molecule has 0 radical (unpaired) electrons. The number of hydrogen-bond acceptors (Lipinski definition) is 3. The number of β-amino-alcohol motifs (C(OH)–C–C–N with tert-alkyl or cyclic N) is 1. The molecule has 1 fully saturated rings. The first-order chi connectivity index (χ1) is 10.6. The Morgan fingerprint density at radius 1 is 1.36 bits per heavy atom. The number of urea groups is 1. The summed E-state index contributed by atoms with van der Waals surface area (Å²) < 4.78 is 0. The van der Waals surface area contributed by atoms with Gasteiger partial charge in [0.25, 0.3) is 0 Å². The minimum absolute atomic E-state index is 0.0540. The average molecular weight is 305 g/mol. The SMILES string of the molecule is CN(C)c1ccc(CCCNC(=O)N2CCCC(O)C2)cc1. The molecule has 1 aromatic carbocycles. The molecule has 122 valence electrons. The van der Waals surface area contributed by atoms with Gasteiger partial charge in [-0.3, -0.25) is 0 Å². The maximum atomic E-state index is 12.0. The van der Waals surface area contributed by atoms with Crippen LogP contribution in [-0.4, -0.2) is 55.9 Å². The number of aryl methyl sites for hydroxylation is 1. The first-order valence-corrected chi connectivity index (χ1v) is 8.03. The molecule has 1 unspecified atom stereocenters. The lowest BCUT2D eigenvalue weighted by atomic mass is 10.1. The van der Waals surface area contributed by atoms with Crippen LogP contribution in [0.25, 0.3) is 0 Å². The van der Waals surface area contributed by atoms with E-state index in [9.17, 15) is 9.90 Å². The van der Waals surface area contributed by atoms with E-state index >= 15 is 0 Å². The summed E-state index contributed by atoms with van der Waals surface area (Å²) in [4.78, 5) is 15.8. The van der Waals surface area contributed by atoms with Gasteiger partial charge in [-0.05, 0) is 43.4 Å². The monoisotopic (exact) mass is 305 g/mol. The molecule has 1 heterocycles. The third-order valence-corrected chi connectivity index (χ3v) is 4.05. The number of benzene rings is 1. The number of aliphatic hydroxyl groups is 1. The summed E-state index contributed by atoms with van der Waals surface area (Å²) in [5, 5.41) is 12.5. The Morgan fingerprint density at radius 3 is 2.73 bits per heavy atom. The van der Waals surface area contributed by atoms with Crippen molar-refractivity contribution in [2.45, 2.75) is 31.8 Å². The number of nitrogens with zero attached hydrogens (tertiary/aromatic N) is 2. The molecule has 1 atom stereocenters. The number of carbonyl (C=O) groups is 1. The minimum Gasteiger partial charge on any atom is -0.391 e. The quantitative estimate of drug-likeness (QED) is 0.816. The fourth-order valence-corrected chi connectivity index (χ4v) is 2.70. The number of hydrogen-bond donors (Lipinski definition) is 2. The summed E-state index contributed by atoms with van der Waals surface area (Å²) in [5.41, 5.74) is 2.48. The van der Waals surface area contributed by atoms with Gasteiger partial charge in [-0.1, -0.05) is 12.1 Å². The normalized spacial score (nSPS) is 18.1. The number of anilines is 1. The zero-order valence-electron chi connectivity index (χ0n) is 13.6. The third kappa shape index (κ3) is 4.91. The van der Waals surface area contributed by atoms with E-state index in [1.165, 1.54) is 11.3 Å². The molecular formula is C17H27N3O2. The molecule has 1 aliphatic rings. The summed E-state index contributed by atoms with van der Waals surface area (Å²) >= 11 is 0. The zero-order chi connectivity index (χ0) is 15.9. The highest BCUT2D eigenvalue weighted by Gasteiger charge is 2.21. The van der Waals surface area contributed by atoms with Gasteiger partial charge in [0.05, 0.1) is 6.10 Å². The van der Waals surface area contributed by atoms with E-state index in [1.54, 1.807) is 4.90 Å². The minimum atomic E-state index is -0.366. The van der Waals surface area contributed by atoms with Crippen LogP contribution in [0.1, 0.15) is 24.8 Å². The number of likely N-dealkylation sites (tertiary alicyclic amines) is 1. The molecule has 5 heteroatoms. The van der Waals surface area contributed by atoms with Crippen LogP contribution in [0.2, 0.25) is 0 Å². The molecule has 0 saturated carbocycles. The molecule has 1 saturated heterocycles. The maximum Gasteiger partial charge on any atom is 0.317 e. The third-order valence-electron chi connectivity index (χ3n) is 4.05. The second-order valence-electron chi connectivity index (χ2n) is 6.14. The molecule has 0 spiro atoms. The van der Waals surface area contributed by atoms with Gasteiger partial charge in [-0.2, -0.15) is 0 Å². The lowest BCUT2D eigenvalue weighted by molar-refractivity contribution is 0.0843. The number of amides is 2. The van der Waals surface area contributed by atoms with Gasteiger partial charge in [0, 0.05) is 39.4 Å². The summed E-state index contributed by atoms with van der Waals surface area (Å²) in [6, 6.07) is 8.45. The van der Waals surface area contributed by atoms with Crippen LogP contribution in [0.5, 0.6) is 0 Å². The second-order valence-corrected chi connectivity index (χ2v) is 6.14. The molecule has 0 aromatic heterocycles. The fraction of sp³-hybridized carbons (Fsp3) is 0.588. The summed E-state index contributed by atoms with van der Waals surface area (Å²) in [5.74, 6) is 0. The fourth-order valence-electron chi connectivity index (χ4n) is 2.70. The molecule has 2 rings (SSSR count). The number of aliphatic hydroxyl groups excluding tert-OH is 1. The Bertz CT molecular complexity index is 473. The predicted octanol–water partition coefficient (Wildman–Crippen LogP) is 1.85. The van der Waals surface area contributed by atoms with Crippen molar-refractivity contribution in [2.75, 3.05) is 38.6 Å². The summed E-state index contributed by atoms with van der Waals surface area (Å²) in [6.45, 7) is 1.87. The lowest BCUT2D eigenvalue weighted by Gasteiger charge is -2.30. The second kappa shape index (κ2) is 8.03. The molecule has 1 aliphatic heterocycles. The summed E-state index contributed by atoms with van der Waals surface area (Å²) in [6.07, 6.45) is 3.19. The first kappa shape index (κ1) is 16.6. The van der Waals surface area contributed by atoms with Crippen LogP contribution in [0.4, 0.5) is 10.5 Å². The van der Waals surface area contributed by atoms with Crippen LogP contribution in [0, 0.1) is 0 Å². The molecule has 22 heavy (non-hydrogen) atoms. The van der Waals surface area contributed by atoms with E-state index < -0.39 is 0 Å². The smallest absolute Gasteiger partial charge is 0.317 e. The van der Waals surface area contributed by atoms with Crippen molar-refractivity contribution in [3.63, 3.8) is 0 Å². The average Bonchev–Trinajstić information content (AvgIpc) is 2.51. The van der Waals surface area contributed by atoms with Crippen molar-refractivity contribution in [2.24, 2.45) is 0 Å². The van der Waals surface area contributed by atoms with Crippen molar-refractivity contribution >= 4 is 11.7 Å². The van der Waals surface area contributed by atoms with Gasteiger partial charge < -0.3 is 20.2 Å². The Kier molecular flexibility index (Phi) is 6.07. The van der Waals surface area contributed by atoms with E-state index in [2.05, 4.69) is 34.5 Å². The molecular weight excluding hydrogens is 278 g/mol. The van der Waals surface area contributed by atoms with Gasteiger partial charge in [0.1, 0.15) is 0 Å². The van der Waals surface area contributed by atoms with Gasteiger partial charge in [0.2, 0.25) is 0 Å². The first-order valence-electron chi connectivity index (χ1n) is 8.03. The van der Waals surface area contributed by atoms with E-state index in [0.717, 1.165) is 32.2 Å². The van der Waals surface area contributed by atoms with E-state index in [1.807, 2.05) is 14.1 Å². The molecule has 2 amide bonds. The Hall–Kier alpha value is -1.75. The molecule has 5 nitrogen and oxygen atoms in total. The maximum absolute atomic E-state index is 12.0. The van der Waals surface area contributed by atoms with Gasteiger partial charge >= 0.3 is 6.03 Å². The van der Waals surface area contributed by atoms with E-state index in [4.69, 9.17) is 0 Å². The highest BCUT2D eigenvalue weighted by Crippen LogP contribution is 2.13. The van der Waals surface area contributed by atoms with E-state index in [-0.39, 0.29) is 12.1 Å². The van der Waals surface area contributed by atoms with Gasteiger partial charge in [-0.15, -0.1) is 0 Å². The Morgan fingerprint density at radius 2 is 2.09 bits per heavy atom. The molecule has 2 N–H and O–H groups in total. The number of piperidine rings is 1. The van der Waals surface area contributed by atoms with Crippen molar-refractivity contribution in [3.8, 4) is 0 Å². The largest absolute Gasteiger partial charge is 0.391 e. The summed E-state index contributed by atoms with van der Waals surface area (Å²) in [7, 11) is 4.06. The van der Waals surface area contributed by atoms with Gasteiger partial charge in [0.15, 0.2) is 0 Å². The highest BCUT2D eigenvalue weighted by molar-refractivity contribution is 5.74. The standard InChI is InChI=1S/C17H27N3O2/c1-19(2)15-9-7-14(8-10-15)5-3-11-18-17(22)20-12-4-6-16(21)13-20/h7-10,16,21H,3-6,11-13H2,1-2H3,(H,18,22).